The Morgan fingerprint density at radius 2 is 2.21 bits per heavy atom. The number of oxazole rings is 1. The van der Waals surface area contributed by atoms with Gasteiger partial charge in [-0.05, 0) is 25.1 Å². The molecule has 7 heteroatoms. The van der Waals surface area contributed by atoms with Crippen LogP contribution in [0, 0.1) is 11.3 Å². The van der Waals surface area contributed by atoms with Crippen LogP contribution in [0.5, 0.6) is 5.75 Å². The molecule has 1 aliphatic heterocycles. The van der Waals surface area contributed by atoms with Crippen molar-refractivity contribution in [3.8, 4) is 11.8 Å². The Morgan fingerprint density at radius 3 is 2.88 bits per heavy atom. The number of anilines is 1. The van der Waals surface area contributed by atoms with Crippen molar-refractivity contribution in [2.75, 3.05) is 37.6 Å². The number of ether oxygens (including phenoxy) is 1. The van der Waals surface area contributed by atoms with Crippen LogP contribution in [0.4, 0.5) is 5.88 Å². The van der Waals surface area contributed by atoms with Crippen LogP contribution in [0.3, 0.4) is 0 Å². The van der Waals surface area contributed by atoms with E-state index in [0.717, 1.165) is 32.7 Å². The summed E-state index contributed by atoms with van der Waals surface area (Å²) in [5.74, 6) is 1.59. The molecule has 1 saturated heterocycles. The van der Waals surface area contributed by atoms with Crippen molar-refractivity contribution in [3.05, 3.63) is 40.9 Å². The number of nitriles is 1. The molecular weight excluding hydrogens is 328 g/mol. The number of likely N-dealkylation sites (N-methyl/N-ethyl adjacent to an activating group) is 1. The van der Waals surface area contributed by atoms with Crippen LogP contribution in [-0.2, 0) is 6.61 Å². The third-order valence-electron chi connectivity index (χ3n) is 4.18. The van der Waals surface area contributed by atoms with Crippen molar-refractivity contribution in [1.82, 2.24) is 4.98 Å². The molecule has 1 fully saturated rings. The molecule has 2 heterocycles. The Hall–Kier alpha value is -2.23. The second-order valence-electron chi connectivity index (χ2n) is 5.71. The molecule has 0 radical (unpaired) electrons. The number of hydrogen-bond acceptors (Lipinski definition) is 5. The smallest absolute Gasteiger partial charge is 0.236 e. The van der Waals surface area contributed by atoms with E-state index in [1.54, 1.807) is 17.0 Å². The van der Waals surface area contributed by atoms with Gasteiger partial charge in [0.05, 0.1) is 32.7 Å². The van der Waals surface area contributed by atoms with Crippen molar-refractivity contribution in [2.24, 2.45) is 0 Å². The van der Waals surface area contributed by atoms with E-state index in [0.29, 0.717) is 28.2 Å². The molecule has 6 nitrogen and oxygen atoms in total. The minimum atomic E-state index is 0.162. The zero-order valence-electron chi connectivity index (χ0n) is 13.6. The van der Waals surface area contributed by atoms with Gasteiger partial charge in [0, 0.05) is 5.02 Å². The van der Waals surface area contributed by atoms with Gasteiger partial charge in [-0.2, -0.15) is 10.2 Å². The summed E-state index contributed by atoms with van der Waals surface area (Å²) in [5, 5.41) is 9.93. The zero-order valence-corrected chi connectivity index (χ0v) is 14.3. The predicted octanol–water partition coefficient (Wildman–Crippen LogP) is 1.50. The van der Waals surface area contributed by atoms with E-state index >= 15 is 0 Å². The van der Waals surface area contributed by atoms with Gasteiger partial charge in [-0.15, -0.1) is 0 Å². The van der Waals surface area contributed by atoms with Crippen molar-refractivity contribution in [3.63, 3.8) is 0 Å². The van der Waals surface area contributed by atoms with Crippen LogP contribution >= 0.6 is 11.6 Å². The normalized spacial score (nSPS) is 15.3. The van der Waals surface area contributed by atoms with Gasteiger partial charge < -0.3 is 19.0 Å². The minimum absolute atomic E-state index is 0.162. The van der Waals surface area contributed by atoms with Gasteiger partial charge >= 0.3 is 0 Å². The summed E-state index contributed by atoms with van der Waals surface area (Å²) in [5.41, 5.74) is 0.319. The molecular formula is C17H20ClN4O2+. The topological polar surface area (TPSA) is 66.7 Å². The lowest BCUT2D eigenvalue weighted by atomic mass is 10.3. The highest BCUT2D eigenvalue weighted by Crippen LogP contribution is 2.23. The lowest BCUT2D eigenvalue weighted by Gasteiger charge is -2.31. The molecule has 2 aromatic rings. The van der Waals surface area contributed by atoms with E-state index in [1.807, 2.05) is 12.1 Å². The van der Waals surface area contributed by atoms with Crippen LogP contribution in [0.2, 0.25) is 5.02 Å². The number of piperazine rings is 1. The van der Waals surface area contributed by atoms with E-state index in [9.17, 15) is 5.26 Å². The number of rotatable bonds is 5. The quantitative estimate of drug-likeness (QED) is 0.888. The highest BCUT2D eigenvalue weighted by molar-refractivity contribution is 6.30. The molecule has 0 aliphatic carbocycles. The Labute approximate surface area is 146 Å². The molecule has 0 unspecified atom stereocenters. The van der Waals surface area contributed by atoms with Gasteiger partial charge in [0.25, 0.3) is 0 Å². The largest absolute Gasteiger partial charge is 0.484 e. The van der Waals surface area contributed by atoms with E-state index in [4.69, 9.17) is 20.8 Å². The van der Waals surface area contributed by atoms with E-state index in [1.165, 1.54) is 0 Å². The second kappa shape index (κ2) is 7.56. The average molecular weight is 348 g/mol. The number of quaternary nitrogens is 1. The lowest BCUT2D eigenvalue weighted by Crippen LogP contribution is -3.14. The second-order valence-corrected chi connectivity index (χ2v) is 6.15. The average Bonchev–Trinajstić information content (AvgIpc) is 3.03. The van der Waals surface area contributed by atoms with Crippen LogP contribution < -0.4 is 14.5 Å². The van der Waals surface area contributed by atoms with Crippen LogP contribution in [0.1, 0.15) is 18.5 Å². The Bertz CT molecular complexity index is 732. The van der Waals surface area contributed by atoms with Gasteiger partial charge in [-0.3, -0.25) is 0 Å². The van der Waals surface area contributed by atoms with Gasteiger partial charge in [0.2, 0.25) is 17.5 Å². The summed E-state index contributed by atoms with van der Waals surface area (Å²) in [6.07, 6.45) is 0. The van der Waals surface area contributed by atoms with E-state index in [2.05, 4.69) is 22.9 Å². The van der Waals surface area contributed by atoms with Crippen molar-refractivity contribution in [2.45, 2.75) is 13.5 Å². The van der Waals surface area contributed by atoms with Gasteiger partial charge in [-0.1, -0.05) is 17.7 Å². The maximum absolute atomic E-state index is 9.32. The summed E-state index contributed by atoms with van der Waals surface area (Å²) in [4.78, 5) is 7.90. The molecule has 0 amide bonds. The molecule has 126 valence electrons. The van der Waals surface area contributed by atoms with Crippen molar-refractivity contribution in [1.29, 1.82) is 5.26 Å². The third-order valence-corrected chi connectivity index (χ3v) is 4.41. The fraction of sp³-hybridized carbons (Fsp3) is 0.412. The fourth-order valence-electron chi connectivity index (χ4n) is 2.79. The van der Waals surface area contributed by atoms with Crippen molar-refractivity contribution >= 4 is 17.5 Å². The molecule has 1 aliphatic rings. The first-order chi connectivity index (χ1) is 11.7. The van der Waals surface area contributed by atoms with Crippen molar-refractivity contribution < 1.29 is 14.1 Å². The highest BCUT2D eigenvalue weighted by atomic mass is 35.5. The first-order valence-electron chi connectivity index (χ1n) is 8.06. The summed E-state index contributed by atoms with van der Waals surface area (Å²) < 4.78 is 11.4. The molecule has 24 heavy (non-hydrogen) atoms. The number of nitrogens with one attached hydrogen (secondary N) is 1. The first-order valence-corrected chi connectivity index (χ1v) is 8.44. The Morgan fingerprint density at radius 1 is 1.42 bits per heavy atom. The molecule has 0 atom stereocenters. The standard InChI is InChI=1S/C17H19ClN4O2/c1-2-21-6-8-22(9-7-21)17-15(11-19)20-16(24-17)12-23-14-5-3-4-13(18)10-14/h3-5,10H,2,6-9,12H2,1H3/p+1. The first kappa shape index (κ1) is 16.6. The zero-order chi connectivity index (χ0) is 16.9. The van der Waals surface area contributed by atoms with Crippen LogP contribution in [0.25, 0.3) is 0 Å². The minimum Gasteiger partial charge on any atom is -0.484 e. The third kappa shape index (κ3) is 3.81. The van der Waals surface area contributed by atoms with Gasteiger partial charge in [0.1, 0.15) is 11.8 Å². The number of benzene rings is 1. The lowest BCUT2D eigenvalue weighted by molar-refractivity contribution is -0.898. The summed E-state index contributed by atoms with van der Waals surface area (Å²) in [7, 11) is 0. The molecule has 0 bridgehead atoms. The molecule has 0 spiro atoms. The number of nitrogens with zero attached hydrogens (tertiary/aromatic N) is 3. The Kier molecular flexibility index (Phi) is 5.24. The monoisotopic (exact) mass is 347 g/mol. The predicted molar refractivity (Wildman–Crippen MR) is 90.5 cm³/mol. The fourth-order valence-corrected chi connectivity index (χ4v) is 2.97. The van der Waals surface area contributed by atoms with Crippen LogP contribution in [-0.4, -0.2) is 37.7 Å². The van der Waals surface area contributed by atoms with Gasteiger partial charge in [-0.25, -0.2) is 0 Å². The summed E-state index contributed by atoms with van der Waals surface area (Å²) in [6.45, 7) is 7.27. The maximum Gasteiger partial charge on any atom is 0.236 e. The van der Waals surface area contributed by atoms with Gasteiger partial charge in [0.15, 0.2) is 6.61 Å². The summed E-state index contributed by atoms with van der Waals surface area (Å²) in [6, 6.07) is 9.25. The molecule has 1 aromatic carbocycles. The van der Waals surface area contributed by atoms with E-state index < -0.39 is 0 Å². The van der Waals surface area contributed by atoms with Crippen LogP contribution in [0.15, 0.2) is 28.7 Å². The number of hydrogen-bond donors (Lipinski definition) is 1. The summed E-state index contributed by atoms with van der Waals surface area (Å²) >= 11 is 5.93. The number of halogens is 1. The van der Waals surface area contributed by atoms with E-state index in [-0.39, 0.29) is 6.61 Å². The molecule has 1 aromatic heterocycles. The SMILES string of the molecule is CC[NH+]1CCN(c2oc(COc3cccc(Cl)c3)nc2C#N)CC1. The molecule has 3 rings (SSSR count). The molecule has 1 N–H and O–H groups in total. The highest BCUT2D eigenvalue weighted by Gasteiger charge is 2.25. The maximum atomic E-state index is 9.32. The number of aromatic nitrogens is 1. The Balaban J connectivity index is 1.68. The molecule has 0 saturated carbocycles.